The number of benzene rings is 1. The van der Waals surface area contributed by atoms with Gasteiger partial charge < -0.3 is 25.2 Å². The molecule has 3 N–H and O–H groups in total. The molecule has 3 aliphatic rings. The summed E-state index contributed by atoms with van der Waals surface area (Å²) >= 11 is 6.48. The molecule has 0 bridgehead atoms. The number of piperidine rings is 3. The summed E-state index contributed by atoms with van der Waals surface area (Å²) in [5.41, 5.74) is 0.560. The summed E-state index contributed by atoms with van der Waals surface area (Å²) in [6.45, 7) is 3.71. The van der Waals surface area contributed by atoms with Crippen LogP contribution in [0.2, 0.25) is 5.02 Å². The summed E-state index contributed by atoms with van der Waals surface area (Å²) in [7, 11) is 2.98. The second kappa shape index (κ2) is 17.3. The van der Waals surface area contributed by atoms with Crippen molar-refractivity contribution in [2.24, 2.45) is 13.0 Å². The molecule has 0 spiro atoms. The Hall–Kier alpha value is -5.89. The van der Waals surface area contributed by atoms with Crippen LogP contribution in [0.15, 0.2) is 35.4 Å². The third-order valence-electron chi connectivity index (χ3n) is 12.1. The predicted molar refractivity (Wildman–Crippen MR) is 226 cm³/mol. The first-order chi connectivity index (χ1) is 30.0. The minimum atomic E-state index is -3.12. The average Bonchev–Trinajstić information content (AvgIpc) is 3.56. The van der Waals surface area contributed by atoms with E-state index in [-0.39, 0.29) is 89.7 Å². The molecule has 2 unspecified atom stereocenters. The van der Waals surface area contributed by atoms with Crippen LogP contribution >= 0.6 is 11.6 Å². The lowest BCUT2D eigenvalue weighted by Gasteiger charge is -2.41. The highest BCUT2D eigenvalue weighted by Gasteiger charge is 2.46. The number of imide groups is 1. The Labute approximate surface area is 363 Å². The molecule has 0 aliphatic carbocycles. The number of aryl methyl sites for hydroxylation is 1. The number of fused-ring (bicyclic) bond motifs is 2. The van der Waals surface area contributed by atoms with Crippen LogP contribution in [0.5, 0.6) is 5.75 Å². The number of anilines is 3. The van der Waals surface area contributed by atoms with Gasteiger partial charge in [-0.1, -0.05) is 11.6 Å². The quantitative estimate of drug-likeness (QED) is 0.115. The van der Waals surface area contributed by atoms with Crippen LogP contribution in [-0.4, -0.2) is 104 Å². The maximum atomic E-state index is 16.2. The van der Waals surface area contributed by atoms with Gasteiger partial charge in [-0.3, -0.25) is 33.7 Å². The first kappa shape index (κ1) is 43.7. The van der Waals surface area contributed by atoms with E-state index in [9.17, 15) is 19.2 Å². The van der Waals surface area contributed by atoms with E-state index in [1.54, 1.807) is 6.07 Å². The summed E-state index contributed by atoms with van der Waals surface area (Å²) in [5, 5.41) is 13.0. The Bertz CT molecular complexity index is 2690. The van der Waals surface area contributed by atoms with E-state index < -0.39 is 65.1 Å². The minimum Gasteiger partial charge on any atom is -0.478 e. The number of nitrogens with zero attached hydrogens (tertiary/aromatic N) is 8. The number of nitrogens with one attached hydrogen (secondary N) is 3. The molecule has 334 valence electrons. The van der Waals surface area contributed by atoms with Crippen LogP contribution in [0.25, 0.3) is 21.9 Å². The summed E-state index contributed by atoms with van der Waals surface area (Å²) in [6.07, 6.45) is 3.93. The van der Waals surface area contributed by atoms with Gasteiger partial charge in [-0.05, 0) is 76.7 Å². The maximum absolute atomic E-state index is 16.2. The number of carbonyl (C=O) groups excluding carboxylic acids is 3. The number of hydrogen-bond acceptors (Lipinski definition) is 12. The monoisotopic (exact) mass is 895 g/mol. The SMILES string of the molecule is CNC(=O)COc1cc2cc(Nc3nc(N4CCC(CN5CCC(c6c(F)cc7c(C8CCC(=O)NC8=O)nn(C)c7c6F)CC5)C(F)(F)C4)ncc3Cl)cnc2n(C(C)C)c1=O. The molecule has 8 rings (SSSR count). The van der Waals surface area contributed by atoms with E-state index >= 15 is 17.6 Å². The third-order valence-corrected chi connectivity index (χ3v) is 12.4. The lowest BCUT2D eigenvalue weighted by atomic mass is 9.86. The van der Waals surface area contributed by atoms with E-state index in [0.29, 0.717) is 42.7 Å². The van der Waals surface area contributed by atoms with Gasteiger partial charge in [0.1, 0.15) is 22.0 Å². The maximum Gasteiger partial charge on any atom is 0.294 e. The van der Waals surface area contributed by atoms with Crippen molar-refractivity contribution in [3.8, 4) is 5.75 Å². The number of rotatable bonds is 11. The molecule has 7 heterocycles. The summed E-state index contributed by atoms with van der Waals surface area (Å²) in [4.78, 5) is 65.8. The third kappa shape index (κ3) is 8.61. The molecule has 4 aromatic heterocycles. The van der Waals surface area contributed by atoms with Crippen LogP contribution in [-0.2, 0) is 21.4 Å². The zero-order valence-corrected chi connectivity index (χ0v) is 35.7. The Morgan fingerprint density at radius 1 is 1.05 bits per heavy atom. The van der Waals surface area contributed by atoms with Gasteiger partial charge in [0.05, 0.1) is 36.2 Å². The number of alkyl halides is 2. The number of amides is 3. The molecule has 5 aromatic rings. The number of halogens is 5. The highest BCUT2D eigenvalue weighted by atomic mass is 35.5. The first-order valence-electron chi connectivity index (χ1n) is 20.7. The number of pyridine rings is 2. The molecule has 0 radical (unpaired) electrons. The Balaban J connectivity index is 0.915. The van der Waals surface area contributed by atoms with Crippen molar-refractivity contribution in [1.82, 2.24) is 44.8 Å². The van der Waals surface area contributed by atoms with Gasteiger partial charge >= 0.3 is 0 Å². The Kier molecular flexibility index (Phi) is 12.0. The van der Waals surface area contributed by atoms with Crippen molar-refractivity contribution in [2.75, 3.05) is 56.6 Å². The van der Waals surface area contributed by atoms with Crippen LogP contribution in [0.4, 0.5) is 35.0 Å². The van der Waals surface area contributed by atoms with Crippen molar-refractivity contribution >= 4 is 68.7 Å². The first-order valence-corrected chi connectivity index (χ1v) is 21.1. The fourth-order valence-corrected chi connectivity index (χ4v) is 9.02. The molecule has 3 aliphatic heterocycles. The molecule has 3 fully saturated rings. The minimum absolute atomic E-state index is 0.0377. The van der Waals surface area contributed by atoms with Crippen molar-refractivity contribution in [2.45, 2.75) is 69.8 Å². The largest absolute Gasteiger partial charge is 0.478 e. The number of ether oxygens (including phenoxy) is 1. The van der Waals surface area contributed by atoms with Crippen molar-refractivity contribution in [3.05, 3.63) is 68.9 Å². The number of hydrogen-bond donors (Lipinski definition) is 3. The zero-order valence-electron chi connectivity index (χ0n) is 35.0. The second-order valence-corrected chi connectivity index (χ2v) is 17.0. The summed E-state index contributed by atoms with van der Waals surface area (Å²) in [5.74, 6) is -8.15. The lowest BCUT2D eigenvalue weighted by Crippen LogP contribution is -2.53. The highest BCUT2D eigenvalue weighted by Crippen LogP contribution is 2.40. The average molecular weight is 896 g/mol. The molecule has 63 heavy (non-hydrogen) atoms. The van der Waals surface area contributed by atoms with E-state index in [2.05, 4.69) is 36.0 Å². The van der Waals surface area contributed by atoms with Crippen LogP contribution in [0.1, 0.15) is 75.1 Å². The fourth-order valence-electron chi connectivity index (χ4n) is 8.88. The fraction of sp³-hybridized carbons (Fsp3) is 0.476. The van der Waals surface area contributed by atoms with Crippen LogP contribution in [0.3, 0.4) is 0 Å². The standard InChI is InChI=1S/C42H46ClF4N11O5/c1-21(2)58-38-23(14-30(40(58)62)63-19-32(60)48-3)13-25(16-49-38)51-37-28(43)17-50-41(53-37)57-12-9-24(42(46,47)20-57)18-56-10-7-22(8-11-56)33-29(44)15-27-35(54-55(4)36(27)34(33)45)26-5-6-31(59)52-39(26)61/h13-17,21-22,24,26H,5-12,18-20H2,1-4H3,(H,48,60)(H,50,51,53)(H,52,59,61). The molecule has 1 aromatic carbocycles. The molecule has 21 heteroatoms. The molecule has 2 atom stereocenters. The topological polar surface area (TPSA) is 181 Å². The van der Waals surface area contributed by atoms with Gasteiger partial charge in [0.25, 0.3) is 17.4 Å². The summed E-state index contributed by atoms with van der Waals surface area (Å²) in [6, 6.07) is 4.11. The smallest absolute Gasteiger partial charge is 0.294 e. The van der Waals surface area contributed by atoms with E-state index in [1.807, 2.05) is 18.7 Å². The van der Waals surface area contributed by atoms with E-state index in [4.69, 9.17) is 16.3 Å². The molecule has 3 amide bonds. The highest BCUT2D eigenvalue weighted by molar-refractivity contribution is 6.33. The number of likely N-dealkylation sites (N-methyl/N-ethyl adjacent to an activating group) is 1. The summed E-state index contributed by atoms with van der Waals surface area (Å²) < 4.78 is 72.1. The van der Waals surface area contributed by atoms with E-state index in [0.717, 1.165) is 0 Å². The predicted octanol–water partition coefficient (Wildman–Crippen LogP) is 5.32. The van der Waals surface area contributed by atoms with Gasteiger partial charge in [-0.15, -0.1) is 0 Å². The Morgan fingerprint density at radius 2 is 1.81 bits per heavy atom. The molecule has 0 saturated carbocycles. The Morgan fingerprint density at radius 3 is 2.51 bits per heavy atom. The molecule has 3 saturated heterocycles. The number of carbonyl (C=O) groups is 3. The number of aromatic nitrogens is 6. The van der Waals surface area contributed by atoms with Gasteiger partial charge in [0.15, 0.2) is 24.0 Å². The van der Waals surface area contributed by atoms with E-state index in [1.165, 1.54) is 52.8 Å². The normalized spacial score (nSPS) is 19.8. The lowest BCUT2D eigenvalue weighted by molar-refractivity contribution is -0.134. The van der Waals surface area contributed by atoms with Gasteiger partial charge in [-0.2, -0.15) is 10.1 Å². The van der Waals surface area contributed by atoms with Crippen LogP contribution in [0, 0.1) is 17.6 Å². The molecular weight excluding hydrogens is 850 g/mol. The van der Waals surface area contributed by atoms with Crippen molar-refractivity contribution in [3.63, 3.8) is 0 Å². The van der Waals surface area contributed by atoms with Crippen molar-refractivity contribution in [1.29, 1.82) is 0 Å². The van der Waals surface area contributed by atoms with Gasteiger partial charge in [-0.25, -0.2) is 27.5 Å². The molecular formula is C42H46ClF4N11O5. The van der Waals surface area contributed by atoms with Gasteiger partial charge in [0, 0.05) is 61.9 Å². The second-order valence-electron chi connectivity index (χ2n) is 16.6. The van der Waals surface area contributed by atoms with Crippen molar-refractivity contribution < 1.29 is 36.7 Å². The number of likely N-dealkylation sites (tertiary alicyclic amines) is 1. The van der Waals surface area contributed by atoms with Gasteiger partial charge in [0.2, 0.25) is 17.8 Å². The zero-order chi connectivity index (χ0) is 44.9. The van der Waals surface area contributed by atoms with Crippen LogP contribution < -0.4 is 31.1 Å². The molecule has 16 nitrogen and oxygen atoms in total.